The van der Waals surface area contributed by atoms with E-state index in [1.54, 1.807) is 0 Å². The van der Waals surface area contributed by atoms with Gasteiger partial charge in [0.05, 0.1) is 12.0 Å². The Bertz CT molecular complexity index is 295. The van der Waals surface area contributed by atoms with E-state index in [2.05, 4.69) is 18.7 Å². The van der Waals surface area contributed by atoms with Crippen LogP contribution in [0.5, 0.6) is 0 Å². The monoisotopic (exact) mass is 255 g/mol. The average molecular weight is 255 g/mol. The number of aliphatic carboxylic acids is 1. The summed E-state index contributed by atoms with van der Waals surface area (Å²) < 4.78 is 5.66. The van der Waals surface area contributed by atoms with Crippen LogP contribution in [-0.4, -0.2) is 47.8 Å². The first kappa shape index (κ1) is 13.8. The van der Waals surface area contributed by atoms with Crippen LogP contribution in [0.1, 0.15) is 39.5 Å². The van der Waals surface area contributed by atoms with E-state index < -0.39 is 5.97 Å². The Morgan fingerprint density at radius 3 is 2.83 bits per heavy atom. The molecule has 1 heterocycles. The maximum atomic E-state index is 11.4. The number of nitrogens with zero attached hydrogens (tertiary/aromatic N) is 1. The molecule has 0 bridgehead atoms. The Balaban J connectivity index is 2.08. The van der Waals surface area contributed by atoms with Crippen molar-refractivity contribution in [1.29, 1.82) is 0 Å². The number of hydrogen-bond acceptors (Lipinski definition) is 3. The Hall–Kier alpha value is -0.610. The van der Waals surface area contributed by atoms with Crippen molar-refractivity contribution in [2.45, 2.75) is 51.7 Å². The van der Waals surface area contributed by atoms with Gasteiger partial charge >= 0.3 is 5.97 Å². The molecule has 104 valence electrons. The first-order valence-electron chi connectivity index (χ1n) is 7.16. The molecule has 4 atom stereocenters. The Kier molecular flexibility index (Phi) is 4.62. The molecule has 1 saturated carbocycles. The molecule has 0 amide bonds. The van der Waals surface area contributed by atoms with E-state index in [0.717, 1.165) is 45.4 Å². The molecular formula is C14H25NO3. The zero-order valence-electron chi connectivity index (χ0n) is 11.5. The summed E-state index contributed by atoms with van der Waals surface area (Å²) in [6, 6.07) is 0.204. The zero-order valence-corrected chi connectivity index (χ0v) is 11.5. The molecule has 4 heteroatoms. The third kappa shape index (κ3) is 3.23. The quantitative estimate of drug-likeness (QED) is 0.820. The van der Waals surface area contributed by atoms with Crippen LogP contribution in [-0.2, 0) is 9.53 Å². The van der Waals surface area contributed by atoms with Crippen molar-refractivity contribution in [3.63, 3.8) is 0 Å². The van der Waals surface area contributed by atoms with Crippen LogP contribution in [0.2, 0.25) is 0 Å². The van der Waals surface area contributed by atoms with E-state index in [4.69, 9.17) is 4.74 Å². The van der Waals surface area contributed by atoms with Gasteiger partial charge in [-0.15, -0.1) is 0 Å². The lowest BCUT2D eigenvalue weighted by atomic mass is 9.78. The molecule has 0 aromatic rings. The molecule has 2 fully saturated rings. The van der Waals surface area contributed by atoms with Gasteiger partial charge < -0.3 is 9.84 Å². The van der Waals surface area contributed by atoms with Crippen LogP contribution in [0.15, 0.2) is 0 Å². The van der Waals surface area contributed by atoms with Crippen LogP contribution < -0.4 is 0 Å². The molecular weight excluding hydrogens is 230 g/mol. The van der Waals surface area contributed by atoms with Gasteiger partial charge in [-0.2, -0.15) is 0 Å². The van der Waals surface area contributed by atoms with Gasteiger partial charge in [-0.3, -0.25) is 9.69 Å². The highest BCUT2D eigenvalue weighted by atomic mass is 16.5. The summed E-state index contributed by atoms with van der Waals surface area (Å²) in [5.74, 6) is -0.165. The van der Waals surface area contributed by atoms with Gasteiger partial charge in [-0.1, -0.05) is 6.92 Å². The first-order valence-corrected chi connectivity index (χ1v) is 7.16. The number of carboxylic acids is 1. The predicted molar refractivity (Wildman–Crippen MR) is 69.5 cm³/mol. The molecule has 0 aromatic carbocycles. The minimum Gasteiger partial charge on any atom is -0.481 e. The van der Waals surface area contributed by atoms with E-state index >= 15 is 0 Å². The summed E-state index contributed by atoms with van der Waals surface area (Å²) in [5, 5.41) is 9.40. The number of carbonyl (C=O) groups is 1. The van der Waals surface area contributed by atoms with Crippen LogP contribution in [0, 0.1) is 11.8 Å². The van der Waals surface area contributed by atoms with E-state index in [-0.39, 0.29) is 18.1 Å². The molecule has 18 heavy (non-hydrogen) atoms. The lowest BCUT2D eigenvalue weighted by Gasteiger charge is -2.40. The SMILES string of the molecule is CC1CCC(C(=O)O)C(N2CCCOC(C)C2)C1. The van der Waals surface area contributed by atoms with Crippen molar-refractivity contribution in [1.82, 2.24) is 4.90 Å². The summed E-state index contributed by atoms with van der Waals surface area (Å²) in [4.78, 5) is 13.8. The molecule has 1 aliphatic carbocycles. The first-order chi connectivity index (χ1) is 8.58. The van der Waals surface area contributed by atoms with Crippen molar-refractivity contribution in [2.75, 3.05) is 19.7 Å². The van der Waals surface area contributed by atoms with Crippen molar-refractivity contribution in [2.24, 2.45) is 11.8 Å². The van der Waals surface area contributed by atoms with Gasteiger partial charge in [0.25, 0.3) is 0 Å². The van der Waals surface area contributed by atoms with Gasteiger partial charge in [-0.05, 0) is 38.5 Å². The number of hydrogen-bond donors (Lipinski definition) is 1. The van der Waals surface area contributed by atoms with Gasteiger partial charge in [0.1, 0.15) is 0 Å². The van der Waals surface area contributed by atoms with Gasteiger partial charge in [-0.25, -0.2) is 0 Å². The molecule has 1 aliphatic heterocycles. The average Bonchev–Trinajstić information content (AvgIpc) is 2.53. The maximum Gasteiger partial charge on any atom is 0.308 e. The summed E-state index contributed by atoms with van der Waals surface area (Å²) >= 11 is 0. The van der Waals surface area contributed by atoms with Crippen LogP contribution in [0.4, 0.5) is 0 Å². The van der Waals surface area contributed by atoms with E-state index in [1.807, 2.05) is 0 Å². The summed E-state index contributed by atoms with van der Waals surface area (Å²) in [6.07, 6.45) is 4.13. The molecule has 1 N–H and O–H groups in total. The Morgan fingerprint density at radius 2 is 2.11 bits per heavy atom. The zero-order chi connectivity index (χ0) is 13.1. The fraction of sp³-hybridized carbons (Fsp3) is 0.929. The normalized spacial score (nSPS) is 39.2. The molecule has 4 nitrogen and oxygen atoms in total. The number of ether oxygens (including phenoxy) is 1. The van der Waals surface area contributed by atoms with Crippen LogP contribution in [0.25, 0.3) is 0 Å². The highest BCUT2D eigenvalue weighted by Crippen LogP contribution is 2.33. The van der Waals surface area contributed by atoms with Gasteiger partial charge in [0.15, 0.2) is 0 Å². The highest BCUT2D eigenvalue weighted by molar-refractivity contribution is 5.71. The minimum atomic E-state index is -0.621. The topological polar surface area (TPSA) is 49.8 Å². The van der Waals surface area contributed by atoms with E-state index in [1.165, 1.54) is 0 Å². The van der Waals surface area contributed by atoms with E-state index in [9.17, 15) is 9.90 Å². The lowest BCUT2D eigenvalue weighted by Crippen LogP contribution is -2.48. The number of rotatable bonds is 2. The smallest absolute Gasteiger partial charge is 0.308 e. The predicted octanol–water partition coefficient (Wildman–Crippen LogP) is 1.99. The second kappa shape index (κ2) is 6.02. The molecule has 2 rings (SSSR count). The summed E-state index contributed by atoms with van der Waals surface area (Å²) in [5.41, 5.74) is 0. The Morgan fingerprint density at radius 1 is 1.33 bits per heavy atom. The lowest BCUT2D eigenvalue weighted by molar-refractivity contribution is -0.146. The standard InChI is InChI=1S/C14H25NO3/c1-10-4-5-12(14(16)17)13(8-10)15-6-3-7-18-11(2)9-15/h10-13H,3-9H2,1-2H3,(H,16,17). The number of carboxylic acid groups (broad SMARTS) is 1. The van der Waals surface area contributed by atoms with Crippen molar-refractivity contribution >= 4 is 5.97 Å². The fourth-order valence-electron chi connectivity index (χ4n) is 3.37. The maximum absolute atomic E-state index is 11.4. The minimum absolute atomic E-state index is 0.188. The van der Waals surface area contributed by atoms with Gasteiger partial charge in [0.2, 0.25) is 0 Å². The molecule has 1 saturated heterocycles. The highest BCUT2D eigenvalue weighted by Gasteiger charge is 2.37. The van der Waals surface area contributed by atoms with Gasteiger partial charge in [0, 0.05) is 25.7 Å². The van der Waals surface area contributed by atoms with E-state index in [0.29, 0.717) is 5.92 Å². The van der Waals surface area contributed by atoms with Crippen molar-refractivity contribution in [3.05, 3.63) is 0 Å². The fourth-order valence-corrected chi connectivity index (χ4v) is 3.37. The summed E-state index contributed by atoms with van der Waals surface area (Å²) in [6.45, 7) is 6.98. The molecule has 0 aromatic heterocycles. The largest absolute Gasteiger partial charge is 0.481 e. The third-order valence-electron chi connectivity index (χ3n) is 4.35. The summed E-state index contributed by atoms with van der Waals surface area (Å²) in [7, 11) is 0. The van der Waals surface area contributed by atoms with Crippen LogP contribution >= 0.6 is 0 Å². The second-order valence-corrected chi connectivity index (χ2v) is 5.96. The molecule has 0 radical (unpaired) electrons. The molecule has 2 aliphatic rings. The van der Waals surface area contributed by atoms with Crippen molar-refractivity contribution < 1.29 is 14.6 Å². The second-order valence-electron chi connectivity index (χ2n) is 5.96. The molecule has 4 unspecified atom stereocenters. The molecule has 0 spiro atoms. The Labute approximate surface area is 109 Å². The van der Waals surface area contributed by atoms with Crippen LogP contribution in [0.3, 0.4) is 0 Å². The third-order valence-corrected chi connectivity index (χ3v) is 4.35. The van der Waals surface area contributed by atoms with Crippen molar-refractivity contribution in [3.8, 4) is 0 Å².